The van der Waals surface area contributed by atoms with Crippen LogP contribution in [0.4, 0.5) is 26.3 Å². The lowest BCUT2D eigenvalue weighted by molar-refractivity contribution is -0.377. The summed E-state index contributed by atoms with van der Waals surface area (Å²) in [5.74, 6) is 0. The highest BCUT2D eigenvalue weighted by atomic mass is 32.1. The molecule has 0 aliphatic carbocycles. The molecule has 2 nitrogen and oxygen atoms in total. The fourth-order valence-corrected chi connectivity index (χ4v) is 0.348. The second-order valence-corrected chi connectivity index (χ2v) is 2.24. The lowest BCUT2D eigenvalue weighted by Crippen LogP contribution is -2.35. The Morgan fingerprint density at radius 1 is 1.17 bits per heavy atom. The smallest absolute Gasteiger partial charge is 0.245 e. The SMILES string of the molecule is O=[S+]C(F)(F)C(F)OC(F)(F)F. The summed E-state index contributed by atoms with van der Waals surface area (Å²) >= 11 is -1.61. The Kier molecular flexibility index (Phi) is 3.39. The molecule has 0 saturated heterocycles. The zero-order chi connectivity index (χ0) is 9.99. The average molecular weight is 215 g/mol. The van der Waals surface area contributed by atoms with Gasteiger partial charge in [-0.2, -0.15) is 0 Å². The highest BCUT2D eigenvalue weighted by Crippen LogP contribution is 2.28. The summed E-state index contributed by atoms with van der Waals surface area (Å²) in [6.07, 6.45) is -9.52. The zero-order valence-corrected chi connectivity index (χ0v) is 5.89. The van der Waals surface area contributed by atoms with E-state index in [0.29, 0.717) is 0 Å². The van der Waals surface area contributed by atoms with Crippen LogP contribution in [0.5, 0.6) is 0 Å². The van der Waals surface area contributed by atoms with Crippen LogP contribution < -0.4 is 0 Å². The molecule has 0 rings (SSSR count). The van der Waals surface area contributed by atoms with Gasteiger partial charge < -0.3 is 0 Å². The van der Waals surface area contributed by atoms with Gasteiger partial charge in [-0.3, -0.25) is 0 Å². The van der Waals surface area contributed by atoms with Crippen molar-refractivity contribution in [1.29, 1.82) is 0 Å². The van der Waals surface area contributed by atoms with Crippen molar-refractivity contribution in [2.45, 2.75) is 18.0 Å². The lowest BCUT2D eigenvalue weighted by atomic mass is 10.7. The van der Waals surface area contributed by atoms with Crippen LogP contribution in [-0.2, 0) is 20.6 Å². The fraction of sp³-hybridized carbons (Fsp3) is 1.00. The first-order valence-electron chi connectivity index (χ1n) is 2.26. The van der Waals surface area contributed by atoms with E-state index in [1.54, 1.807) is 0 Å². The topological polar surface area (TPSA) is 26.3 Å². The standard InChI is InChI=1S/C3HF6O2S/c4-1(2(5,6)12-10)11-3(7,8)9/h1H/q+1. The van der Waals surface area contributed by atoms with E-state index < -0.39 is 29.6 Å². The normalized spacial score (nSPS) is 15.8. The molecule has 9 heteroatoms. The maximum atomic E-state index is 11.8. The molecule has 0 aromatic rings. The third kappa shape index (κ3) is 3.81. The minimum atomic E-state index is -5.53. The largest absolute Gasteiger partial charge is 0.586 e. The quantitative estimate of drug-likeness (QED) is 0.530. The van der Waals surface area contributed by atoms with E-state index in [1.807, 2.05) is 0 Å². The van der Waals surface area contributed by atoms with Crippen molar-refractivity contribution in [2.24, 2.45) is 0 Å². The highest BCUT2D eigenvalue weighted by Gasteiger charge is 2.60. The first-order valence-corrected chi connectivity index (χ1v) is 3.00. The second kappa shape index (κ2) is 3.52. The molecule has 0 aromatic heterocycles. The van der Waals surface area contributed by atoms with Gasteiger partial charge in [0, 0.05) is 4.21 Å². The molecule has 0 radical (unpaired) electrons. The third-order valence-electron chi connectivity index (χ3n) is 0.612. The van der Waals surface area contributed by atoms with Crippen molar-refractivity contribution in [3.05, 3.63) is 0 Å². The third-order valence-corrected chi connectivity index (χ3v) is 1.02. The Labute approximate surface area is 66.0 Å². The van der Waals surface area contributed by atoms with E-state index in [0.717, 1.165) is 0 Å². The van der Waals surface area contributed by atoms with Crippen LogP contribution in [0, 0.1) is 0 Å². The molecule has 0 fully saturated rings. The second-order valence-electron chi connectivity index (χ2n) is 1.52. The fourth-order valence-electron chi connectivity index (χ4n) is 0.224. The molecule has 1 unspecified atom stereocenters. The van der Waals surface area contributed by atoms with Gasteiger partial charge in [-0.15, -0.1) is 22.0 Å². The Balaban J connectivity index is 4.22. The Morgan fingerprint density at radius 2 is 1.58 bits per heavy atom. The van der Waals surface area contributed by atoms with Crippen molar-refractivity contribution >= 4 is 11.7 Å². The van der Waals surface area contributed by atoms with Gasteiger partial charge in [0.15, 0.2) is 0 Å². The minimum Gasteiger partial charge on any atom is -0.245 e. The molecule has 0 aliphatic rings. The first-order chi connectivity index (χ1) is 5.19. The van der Waals surface area contributed by atoms with Gasteiger partial charge in [-0.1, -0.05) is 0 Å². The summed E-state index contributed by atoms with van der Waals surface area (Å²) in [6.45, 7) is 0. The Morgan fingerprint density at radius 3 is 1.83 bits per heavy atom. The summed E-state index contributed by atoms with van der Waals surface area (Å²) in [4.78, 5) is 0. The number of ether oxygens (including phenoxy) is 1. The van der Waals surface area contributed by atoms with Crippen molar-refractivity contribution in [3.63, 3.8) is 0 Å². The summed E-state index contributed by atoms with van der Waals surface area (Å²) in [5, 5.41) is -4.74. The van der Waals surface area contributed by atoms with E-state index in [2.05, 4.69) is 4.74 Å². The van der Waals surface area contributed by atoms with E-state index in [9.17, 15) is 30.6 Å². The van der Waals surface area contributed by atoms with Gasteiger partial charge in [0.25, 0.3) is 0 Å². The van der Waals surface area contributed by atoms with Crippen LogP contribution in [0.15, 0.2) is 0 Å². The van der Waals surface area contributed by atoms with Crippen LogP contribution >= 0.6 is 0 Å². The monoisotopic (exact) mass is 215 g/mol. The first kappa shape index (κ1) is 11.6. The summed E-state index contributed by atoms with van der Waals surface area (Å²) < 4.78 is 80.0. The van der Waals surface area contributed by atoms with Crippen LogP contribution in [0.2, 0.25) is 0 Å². The van der Waals surface area contributed by atoms with Gasteiger partial charge >= 0.3 is 29.6 Å². The molecule has 12 heavy (non-hydrogen) atoms. The summed E-state index contributed by atoms with van der Waals surface area (Å²) in [7, 11) is 0. The Hall–Kier alpha value is -0.440. The van der Waals surface area contributed by atoms with Crippen molar-refractivity contribution in [1.82, 2.24) is 0 Å². The molecule has 0 aliphatic heterocycles. The molecule has 0 aromatic carbocycles. The number of hydrogen-bond donors (Lipinski definition) is 0. The molecule has 0 spiro atoms. The lowest BCUT2D eigenvalue weighted by Gasteiger charge is -2.09. The van der Waals surface area contributed by atoms with Crippen LogP contribution in [-0.4, -0.2) is 18.0 Å². The predicted molar refractivity (Wildman–Crippen MR) is 25.0 cm³/mol. The van der Waals surface area contributed by atoms with Gasteiger partial charge in [0.05, 0.1) is 0 Å². The van der Waals surface area contributed by atoms with Crippen LogP contribution in [0.25, 0.3) is 0 Å². The molecule has 0 heterocycles. The van der Waals surface area contributed by atoms with E-state index in [-0.39, 0.29) is 0 Å². The van der Waals surface area contributed by atoms with Gasteiger partial charge in [0.1, 0.15) is 0 Å². The predicted octanol–water partition coefficient (Wildman–Crippen LogP) is 1.84. The number of hydrogen-bond acceptors (Lipinski definition) is 2. The number of rotatable bonds is 3. The summed E-state index contributed by atoms with van der Waals surface area (Å²) in [5.41, 5.74) is 0. The number of halogens is 6. The molecule has 72 valence electrons. The van der Waals surface area contributed by atoms with Crippen LogP contribution in [0.3, 0.4) is 0 Å². The highest BCUT2D eigenvalue weighted by molar-refractivity contribution is 7.66. The molecule has 0 amide bonds. The van der Waals surface area contributed by atoms with Crippen molar-refractivity contribution in [2.75, 3.05) is 0 Å². The maximum absolute atomic E-state index is 11.8. The molecule has 0 bridgehead atoms. The molecule has 0 saturated carbocycles. The van der Waals surface area contributed by atoms with Crippen molar-refractivity contribution in [3.8, 4) is 0 Å². The van der Waals surface area contributed by atoms with Crippen molar-refractivity contribution < 1.29 is 35.3 Å². The van der Waals surface area contributed by atoms with Gasteiger partial charge in [-0.05, 0) is 0 Å². The van der Waals surface area contributed by atoms with E-state index >= 15 is 0 Å². The van der Waals surface area contributed by atoms with E-state index in [1.165, 1.54) is 0 Å². The molecular formula is C3HF6O2S+. The maximum Gasteiger partial charge on any atom is 0.586 e. The minimum absolute atomic E-state index is 1.61. The van der Waals surface area contributed by atoms with Crippen LogP contribution in [0.1, 0.15) is 0 Å². The molecule has 0 N–H and O–H groups in total. The van der Waals surface area contributed by atoms with E-state index in [4.69, 9.17) is 0 Å². The summed E-state index contributed by atoms with van der Waals surface area (Å²) in [6, 6.07) is 0. The zero-order valence-electron chi connectivity index (χ0n) is 5.07. The molecular weight excluding hydrogens is 214 g/mol. The number of alkyl halides is 6. The Bertz CT molecular complexity index is 167. The van der Waals surface area contributed by atoms with Gasteiger partial charge in [-0.25, -0.2) is 9.13 Å². The average Bonchev–Trinajstić information content (AvgIpc) is 1.84. The van der Waals surface area contributed by atoms with Gasteiger partial charge in [0.2, 0.25) is 0 Å². The molecule has 1 atom stereocenters.